The highest BCUT2D eigenvalue weighted by Gasteiger charge is 2.20. The number of hydrogen-bond acceptors (Lipinski definition) is 3. The first-order chi connectivity index (χ1) is 7.25. The van der Waals surface area contributed by atoms with E-state index >= 15 is 0 Å². The van der Waals surface area contributed by atoms with Crippen molar-refractivity contribution in [2.45, 2.75) is 25.4 Å². The highest BCUT2D eigenvalue weighted by molar-refractivity contribution is 9.10. The van der Waals surface area contributed by atoms with Crippen LogP contribution in [0.15, 0.2) is 21.2 Å². The number of hydrogen-bond donors (Lipinski definition) is 1. The molecule has 0 saturated carbocycles. The summed E-state index contributed by atoms with van der Waals surface area (Å²) in [6, 6.07) is 3.62. The quantitative estimate of drug-likeness (QED) is 0.922. The third-order valence-electron chi connectivity index (χ3n) is 2.82. The molecule has 3 nitrogen and oxygen atoms in total. The van der Waals surface area contributed by atoms with Gasteiger partial charge in [-0.05, 0) is 53.2 Å². The molecule has 0 bridgehead atoms. The normalized spacial score (nSPS) is 20.4. The third-order valence-corrected chi connectivity index (χ3v) is 3.25. The fourth-order valence-corrected chi connectivity index (χ4v) is 2.24. The SMILES string of the molecule is OC(CC1CCOCC1)c1ccc(Br)o1. The summed E-state index contributed by atoms with van der Waals surface area (Å²) >= 11 is 3.23. The number of furan rings is 1. The minimum absolute atomic E-state index is 0.487. The highest BCUT2D eigenvalue weighted by Crippen LogP contribution is 2.29. The average molecular weight is 275 g/mol. The molecule has 1 saturated heterocycles. The van der Waals surface area contributed by atoms with Crippen LogP contribution in [0, 0.1) is 5.92 Å². The Bertz CT molecular complexity index is 305. The molecule has 1 aromatic heterocycles. The minimum Gasteiger partial charge on any atom is -0.452 e. The van der Waals surface area contributed by atoms with E-state index in [1.165, 1.54) is 0 Å². The molecule has 0 radical (unpaired) electrons. The van der Waals surface area contributed by atoms with Crippen LogP contribution >= 0.6 is 15.9 Å². The van der Waals surface area contributed by atoms with E-state index in [1.807, 2.05) is 12.1 Å². The van der Waals surface area contributed by atoms with Crippen LogP contribution in [0.25, 0.3) is 0 Å². The maximum atomic E-state index is 9.93. The first-order valence-corrected chi connectivity index (χ1v) is 6.06. The van der Waals surface area contributed by atoms with Crippen molar-refractivity contribution in [3.05, 3.63) is 22.6 Å². The van der Waals surface area contributed by atoms with Crippen LogP contribution < -0.4 is 0 Å². The van der Waals surface area contributed by atoms with Crippen LogP contribution in [0.2, 0.25) is 0 Å². The van der Waals surface area contributed by atoms with Gasteiger partial charge in [0.1, 0.15) is 11.9 Å². The number of aliphatic hydroxyl groups excluding tert-OH is 1. The molecule has 0 spiro atoms. The Morgan fingerprint density at radius 2 is 2.13 bits per heavy atom. The van der Waals surface area contributed by atoms with Gasteiger partial charge in [-0.3, -0.25) is 0 Å². The lowest BCUT2D eigenvalue weighted by Crippen LogP contribution is -2.17. The van der Waals surface area contributed by atoms with E-state index in [2.05, 4.69) is 15.9 Å². The fourth-order valence-electron chi connectivity index (χ4n) is 1.92. The van der Waals surface area contributed by atoms with E-state index in [1.54, 1.807) is 0 Å². The lowest BCUT2D eigenvalue weighted by Gasteiger charge is -2.23. The van der Waals surface area contributed by atoms with Gasteiger partial charge in [-0.25, -0.2) is 0 Å². The Balaban J connectivity index is 1.88. The molecule has 84 valence electrons. The second-order valence-corrected chi connectivity index (χ2v) is 4.73. The molecule has 1 N–H and O–H groups in total. The summed E-state index contributed by atoms with van der Waals surface area (Å²) in [6.07, 6.45) is 2.36. The number of aliphatic hydroxyl groups is 1. The molecule has 0 amide bonds. The summed E-state index contributed by atoms with van der Waals surface area (Å²) in [5.74, 6) is 1.20. The monoisotopic (exact) mass is 274 g/mol. The van der Waals surface area contributed by atoms with Gasteiger partial charge in [0.05, 0.1) is 0 Å². The summed E-state index contributed by atoms with van der Waals surface area (Å²) in [7, 11) is 0. The standard InChI is InChI=1S/C11H15BrO3/c12-11-2-1-10(15-11)9(13)7-8-3-5-14-6-4-8/h1-2,8-9,13H,3-7H2. The predicted molar refractivity (Wildman–Crippen MR) is 59.5 cm³/mol. The lowest BCUT2D eigenvalue weighted by molar-refractivity contribution is 0.0386. The summed E-state index contributed by atoms with van der Waals surface area (Å²) in [6.45, 7) is 1.64. The smallest absolute Gasteiger partial charge is 0.169 e. The van der Waals surface area contributed by atoms with Crippen LogP contribution in [-0.4, -0.2) is 18.3 Å². The van der Waals surface area contributed by atoms with E-state index in [4.69, 9.17) is 9.15 Å². The van der Waals surface area contributed by atoms with Crippen molar-refractivity contribution in [2.24, 2.45) is 5.92 Å². The number of ether oxygens (including phenoxy) is 1. The second kappa shape index (κ2) is 5.14. The molecule has 1 atom stereocenters. The molecule has 0 aliphatic carbocycles. The highest BCUT2D eigenvalue weighted by atomic mass is 79.9. The zero-order chi connectivity index (χ0) is 10.7. The summed E-state index contributed by atoms with van der Waals surface area (Å²) in [5.41, 5.74) is 0. The topological polar surface area (TPSA) is 42.6 Å². The minimum atomic E-state index is -0.487. The Hall–Kier alpha value is -0.320. The Kier molecular flexibility index (Phi) is 3.83. The van der Waals surface area contributed by atoms with Gasteiger partial charge in [0.25, 0.3) is 0 Å². The van der Waals surface area contributed by atoms with E-state index in [9.17, 15) is 5.11 Å². The Morgan fingerprint density at radius 3 is 2.73 bits per heavy atom. The molecule has 2 rings (SSSR count). The maximum absolute atomic E-state index is 9.93. The zero-order valence-electron chi connectivity index (χ0n) is 8.49. The number of halogens is 1. The van der Waals surface area contributed by atoms with Crippen molar-refractivity contribution in [1.82, 2.24) is 0 Å². The molecule has 4 heteroatoms. The van der Waals surface area contributed by atoms with Gasteiger partial charge < -0.3 is 14.3 Å². The molecule has 1 unspecified atom stereocenters. The van der Waals surface area contributed by atoms with Gasteiger partial charge >= 0.3 is 0 Å². The van der Waals surface area contributed by atoms with Crippen molar-refractivity contribution in [2.75, 3.05) is 13.2 Å². The van der Waals surface area contributed by atoms with Crippen molar-refractivity contribution in [3.8, 4) is 0 Å². The van der Waals surface area contributed by atoms with E-state index in [0.717, 1.165) is 32.5 Å². The van der Waals surface area contributed by atoms with Gasteiger partial charge in [-0.2, -0.15) is 0 Å². The van der Waals surface area contributed by atoms with Gasteiger partial charge in [-0.1, -0.05) is 0 Å². The van der Waals surface area contributed by atoms with Crippen LogP contribution in [0.1, 0.15) is 31.1 Å². The summed E-state index contributed by atoms with van der Waals surface area (Å²) in [5, 5.41) is 9.93. The largest absolute Gasteiger partial charge is 0.452 e. The second-order valence-electron chi connectivity index (χ2n) is 3.95. The van der Waals surface area contributed by atoms with Crippen molar-refractivity contribution >= 4 is 15.9 Å². The molecule has 1 aliphatic rings. The molecule has 1 aromatic rings. The van der Waals surface area contributed by atoms with E-state index in [0.29, 0.717) is 16.3 Å². The molecule has 1 fully saturated rings. The molecule has 2 heterocycles. The molecular weight excluding hydrogens is 260 g/mol. The van der Waals surface area contributed by atoms with Gasteiger partial charge in [0.15, 0.2) is 4.67 Å². The zero-order valence-corrected chi connectivity index (χ0v) is 10.1. The summed E-state index contributed by atoms with van der Waals surface area (Å²) in [4.78, 5) is 0. The van der Waals surface area contributed by atoms with Gasteiger partial charge in [0, 0.05) is 13.2 Å². The van der Waals surface area contributed by atoms with Gasteiger partial charge in [-0.15, -0.1) is 0 Å². The van der Waals surface area contributed by atoms with Gasteiger partial charge in [0.2, 0.25) is 0 Å². The Morgan fingerprint density at radius 1 is 1.40 bits per heavy atom. The van der Waals surface area contributed by atoms with Crippen LogP contribution in [0.3, 0.4) is 0 Å². The van der Waals surface area contributed by atoms with Crippen LogP contribution in [-0.2, 0) is 4.74 Å². The average Bonchev–Trinajstić information content (AvgIpc) is 2.66. The Labute approximate surface area is 97.5 Å². The van der Waals surface area contributed by atoms with Crippen molar-refractivity contribution < 1.29 is 14.3 Å². The molecule has 0 aromatic carbocycles. The summed E-state index contributed by atoms with van der Waals surface area (Å²) < 4.78 is 11.3. The van der Waals surface area contributed by atoms with E-state index < -0.39 is 6.10 Å². The van der Waals surface area contributed by atoms with Crippen molar-refractivity contribution in [3.63, 3.8) is 0 Å². The van der Waals surface area contributed by atoms with Crippen LogP contribution in [0.5, 0.6) is 0 Å². The van der Waals surface area contributed by atoms with E-state index in [-0.39, 0.29) is 0 Å². The molecule has 15 heavy (non-hydrogen) atoms. The lowest BCUT2D eigenvalue weighted by atomic mass is 9.93. The fraction of sp³-hybridized carbons (Fsp3) is 0.636. The van der Waals surface area contributed by atoms with Crippen molar-refractivity contribution in [1.29, 1.82) is 0 Å². The first kappa shape index (κ1) is 11.2. The first-order valence-electron chi connectivity index (χ1n) is 5.27. The number of rotatable bonds is 3. The predicted octanol–water partition coefficient (Wildman–Crippen LogP) is 2.89. The van der Waals surface area contributed by atoms with Crippen LogP contribution in [0.4, 0.5) is 0 Å². The maximum Gasteiger partial charge on any atom is 0.169 e. The third kappa shape index (κ3) is 3.06. The molecular formula is C11H15BrO3. The molecule has 1 aliphatic heterocycles.